The average Bonchev–Trinajstić information content (AvgIpc) is 3.12. The number of ether oxygens (including phenoxy) is 1. The van der Waals surface area contributed by atoms with Crippen molar-refractivity contribution in [2.24, 2.45) is 0 Å². The molecule has 0 unspecified atom stereocenters. The molecule has 2 aromatic rings. The van der Waals surface area contributed by atoms with E-state index in [0.717, 1.165) is 24.2 Å². The van der Waals surface area contributed by atoms with E-state index < -0.39 is 0 Å². The van der Waals surface area contributed by atoms with Gasteiger partial charge in [0.05, 0.1) is 0 Å². The lowest BCUT2D eigenvalue weighted by atomic mass is 9.88. The minimum absolute atomic E-state index is 0.130. The number of phenolic OH excluding ortho intramolecular Hbond substituents is 1. The van der Waals surface area contributed by atoms with Crippen molar-refractivity contribution in [2.45, 2.75) is 32.3 Å². The third-order valence-electron chi connectivity index (χ3n) is 4.39. The first kappa shape index (κ1) is 10.9. The van der Waals surface area contributed by atoms with E-state index in [-0.39, 0.29) is 11.4 Å². The Balaban J connectivity index is 2.04. The topological polar surface area (TPSA) is 29.5 Å². The van der Waals surface area contributed by atoms with Gasteiger partial charge < -0.3 is 9.84 Å². The lowest BCUT2D eigenvalue weighted by molar-refractivity contribution is 0.177. The molecule has 0 radical (unpaired) electrons. The Kier molecular flexibility index (Phi) is 1.91. The molecule has 0 saturated heterocycles. The van der Waals surface area contributed by atoms with Gasteiger partial charge in [-0.15, -0.1) is 0 Å². The minimum atomic E-state index is -0.130. The molecule has 0 atom stereocenters. The quantitative estimate of drug-likeness (QED) is 0.766. The van der Waals surface area contributed by atoms with Gasteiger partial charge in [0.25, 0.3) is 0 Å². The van der Waals surface area contributed by atoms with Crippen LogP contribution in [-0.2, 0) is 5.60 Å². The Bertz CT molecular complexity index is 697. The summed E-state index contributed by atoms with van der Waals surface area (Å²) in [5.41, 5.74) is 6.16. The average molecular weight is 252 g/mol. The molecule has 4 rings (SSSR count). The fourth-order valence-corrected chi connectivity index (χ4v) is 2.98. The van der Waals surface area contributed by atoms with Crippen LogP contribution in [0.4, 0.5) is 0 Å². The van der Waals surface area contributed by atoms with Crippen LogP contribution < -0.4 is 4.74 Å². The Hall–Kier alpha value is -1.96. The van der Waals surface area contributed by atoms with Crippen LogP contribution >= 0.6 is 0 Å². The Morgan fingerprint density at radius 2 is 1.74 bits per heavy atom. The zero-order chi connectivity index (χ0) is 13.2. The molecule has 2 aromatic carbocycles. The summed E-state index contributed by atoms with van der Waals surface area (Å²) in [6.07, 6.45) is 2.13. The molecule has 1 spiro atoms. The smallest absolute Gasteiger partial charge is 0.135 e. The Morgan fingerprint density at radius 1 is 1.00 bits per heavy atom. The van der Waals surface area contributed by atoms with Crippen molar-refractivity contribution in [3.05, 3.63) is 47.0 Å². The van der Waals surface area contributed by atoms with Crippen LogP contribution in [0.15, 0.2) is 30.3 Å². The first-order chi connectivity index (χ1) is 9.09. The van der Waals surface area contributed by atoms with E-state index in [1.165, 1.54) is 22.3 Å². The summed E-state index contributed by atoms with van der Waals surface area (Å²) in [5.74, 6) is 1.08. The van der Waals surface area contributed by atoms with E-state index in [2.05, 4.69) is 26.0 Å². The molecule has 0 bridgehead atoms. The number of aryl methyl sites for hydroxylation is 2. The van der Waals surface area contributed by atoms with Gasteiger partial charge in [0, 0.05) is 17.2 Å². The van der Waals surface area contributed by atoms with Crippen LogP contribution in [-0.4, -0.2) is 5.11 Å². The normalized spacial score (nSPS) is 17.6. The molecule has 19 heavy (non-hydrogen) atoms. The van der Waals surface area contributed by atoms with Crippen LogP contribution in [0.3, 0.4) is 0 Å². The van der Waals surface area contributed by atoms with Gasteiger partial charge in [0.15, 0.2) is 0 Å². The highest BCUT2D eigenvalue weighted by atomic mass is 16.5. The van der Waals surface area contributed by atoms with Crippen LogP contribution in [0.2, 0.25) is 0 Å². The van der Waals surface area contributed by atoms with Crippen molar-refractivity contribution in [1.82, 2.24) is 0 Å². The monoisotopic (exact) mass is 252 g/mol. The first-order valence-electron chi connectivity index (χ1n) is 6.73. The summed E-state index contributed by atoms with van der Waals surface area (Å²) in [4.78, 5) is 0. The molecule has 2 aliphatic rings. The summed E-state index contributed by atoms with van der Waals surface area (Å²) in [6, 6.07) is 9.93. The second-order valence-electron chi connectivity index (χ2n) is 5.76. The highest BCUT2D eigenvalue weighted by molar-refractivity contribution is 5.79. The predicted molar refractivity (Wildman–Crippen MR) is 74.6 cm³/mol. The zero-order valence-corrected chi connectivity index (χ0v) is 11.2. The fourth-order valence-electron chi connectivity index (χ4n) is 2.98. The number of phenols is 1. The third kappa shape index (κ3) is 1.43. The molecule has 0 amide bonds. The number of aromatic hydroxyl groups is 1. The standard InChI is InChI=1S/C17H16O2/c1-10-7-14-13-4-3-12(18)9-16(13)19-17(5-6-17)15(14)8-11(10)2/h3-4,7-9,18H,5-6H2,1-2H3. The van der Waals surface area contributed by atoms with Gasteiger partial charge >= 0.3 is 0 Å². The molecule has 2 nitrogen and oxygen atoms in total. The largest absolute Gasteiger partial charge is 0.508 e. The highest BCUT2D eigenvalue weighted by Crippen LogP contribution is 2.57. The number of rotatable bonds is 0. The van der Waals surface area contributed by atoms with Gasteiger partial charge in [-0.2, -0.15) is 0 Å². The van der Waals surface area contributed by atoms with Crippen molar-refractivity contribution in [2.75, 3.05) is 0 Å². The maximum Gasteiger partial charge on any atom is 0.135 e. The van der Waals surface area contributed by atoms with Crippen LogP contribution in [0.5, 0.6) is 11.5 Å². The predicted octanol–water partition coefficient (Wildman–Crippen LogP) is 4.06. The van der Waals surface area contributed by atoms with Gasteiger partial charge in [-0.05, 0) is 55.5 Å². The van der Waals surface area contributed by atoms with Gasteiger partial charge in [-0.1, -0.05) is 12.1 Å². The molecule has 1 saturated carbocycles. The van der Waals surface area contributed by atoms with Crippen molar-refractivity contribution >= 4 is 0 Å². The van der Waals surface area contributed by atoms with E-state index in [9.17, 15) is 5.11 Å². The summed E-state index contributed by atoms with van der Waals surface area (Å²) in [5, 5.41) is 9.65. The number of fused-ring (bicyclic) bond motifs is 4. The fraction of sp³-hybridized carbons (Fsp3) is 0.294. The maximum absolute atomic E-state index is 9.65. The SMILES string of the molecule is Cc1cc2c(cc1C)C1(CC1)Oc1cc(O)ccc1-2. The molecular formula is C17H16O2. The van der Waals surface area contributed by atoms with Crippen LogP contribution in [0, 0.1) is 13.8 Å². The van der Waals surface area contributed by atoms with E-state index in [4.69, 9.17) is 4.74 Å². The summed E-state index contributed by atoms with van der Waals surface area (Å²) in [7, 11) is 0. The zero-order valence-electron chi connectivity index (χ0n) is 11.2. The molecule has 1 aliphatic heterocycles. The Morgan fingerprint density at radius 3 is 2.47 bits per heavy atom. The minimum Gasteiger partial charge on any atom is -0.508 e. The van der Waals surface area contributed by atoms with E-state index >= 15 is 0 Å². The first-order valence-corrected chi connectivity index (χ1v) is 6.73. The summed E-state index contributed by atoms with van der Waals surface area (Å²) < 4.78 is 6.17. The molecule has 96 valence electrons. The summed E-state index contributed by atoms with van der Waals surface area (Å²) >= 11 is 0. The van der Waals surface area contributed by atoms with E-state index in [1.807, 2.05) is 6.07 Å². The lowest BCUT2D eigenvalue weighted by Crippen LogP contribution is -2.21. The molecular weight excluding hydrogens is 236 g/mol. The van der Waals surface area contributed by atoms with E-state index in [1.54, 1.807) is 12.1 Å². The van der Waals surface area contributed by atoms with Gasteiger partial charge in [0.2, 0.25) is 0 Å². The van der Waals surface area contributed by atoms with Crippen LogP contribution in [0.25, 0.3) is 11.1 Å². The van der Waals surface area contributed by atoms with Gasteiger partial charge in [0.1, 0.15) is 17.1 Å². The number of hydrogen-bond donors (Lipinski definition) is 1. The van der Waals surface area contributed by atoms with Crippen molar-refractivity contribution in [1.29, 1.82) is 0 Å². The van der Waals surface area contributed by atoms with Crippen molar-refractivity contribution in [3.8, 4) is 22.6 Å². The van der Waals surface area contributed by atoms with E-state index in [0.29, 0.717) is 0 Å². The van der Waals surface area contributed by atoms with Crippen molar-refractivity contribution in [3.63, 3.8) is 0 Å². The van der Waals surface area contributed by atoms with Crippen LogP contribution in [0.1, 0.15) is 29.5 Å². The number of hydrogen-bond acceptors (Lipinski definition) is 2. The maximum atomic E-state index is 9.65. The molecule has 1 aliphatic carbocycles. The van der Waals surface area contributed by atoms with Crippen molar-refractivity contribution < 1.29 is 9.84 Å². The second kappa shape index (κ2) is 3.32. The molecule has 1 fully saturated rings. The molecule has 1 N–H and O–H groups in total. The van der Waals surface area contributed by atoms with Gasteiger partial charge in [-0.25, -0.2) is 0 Å². The van der Waals surface area contributed by atoms with Gasteiger partial charge in [-0.3, -0.25) is 0 Å². The molecule has 1 heterocycles. The molecule has 0 aromatic heterocycles. The Labute approximate surface area is 112 Å². The third-order valence-corrected chi connectivity index (χ3v) is 4.39. The second-order valence-corrected chi connectivity index (χ2v) is 5.76. The lowest BCUT2D eigenvalue weighted by Gasteiger charge is -2.30. The highest BCUT2D eigenvalue weighted by Gasteiger charge is 2.51. The summed E-state index contributed by atoms with van der Waals surface area (Å²) in [6.45, 7) is 4.29. The number of benzene rings is 2. The molecule has 2 heteroatoms.